The molecule has 13 heteroatoms. The number of aromatic nitrogens is 1. The molecule has 262 valence electrons. The van der Waals surface area contributed by atoms with Gasteiger partial charge in [0.25, 0.3) is 0 Å². The first-order valence-corrected chi connectivity index (χ1v) is 16.9. The Morgan fingerprint density at radius 3 is 2.36 bits per heavy atom. The minimum Gasteiger partial charge on any atom is -0.493 e. The van der Waals surface area contributed by atoms with Crippen molar-refractivity contribution in [2.45, 2.75) is 38.0 Å². The first-order valence-electron chi connectivity index (χ1n) is 16.2. The van der Waals surface area contributed by atoms with E-state index in [2.05, 4.69) is 9.88 Å². The van der Waals surface area contributed by atoms with Gasteiger partial charge in [0.2, 0.25) is 0 Å². The Hall–Kier alpha value is -4.45. The molecule has 0 saturated carbocycles. The SMILES string of the molecule is COc1ccc([C@H](Cc2c(Cl)c[nH+]cc2Cl)OC(=O)c2cccc(CN(C(=O)O[C@H]3CN4CCC3CC4)c3cccc(F)c3F)c2)cc1OC. The number of ether oxygens (including phenoxy) is 4. The van der Waals surface area contributed by atoms with Crippen LogP contribution in [0.4, 0.5) is 19.3 Å². The molecule has 4 aromatic rings. The number of methoxy groups -OCH3 is 2. The summed E-state index contributed by atoms with van der Waals surface area (Å²) < 4.78 is 52.4. The van der Waals surface area contributed by atoms with Crippen molar-refractivity contribution in [2.24, 2.45) is 5.92 Å². The average Bonchev–Trinajstić information content (AvgIpc) is 3.13. The molecule has 3 saturated heterocycles. The van der Waals surface area contributed by atoms with Gasteiger partial charge in [-0.3, -0.25) is 9.80 Å². The van der Waals surface area contributed by atoms with E-state index < -0.39 is 29.8 Å². The summed E-state index contributed by atoms with van der Waals surface area (Å²) in [7, 11) is 3.02. The number of amides is 1. The molecular weight excluding hydrogens is 691 g/mol. The first-order chi connectivity index (χ1) is 24.1. The van der Waals surface area contributed by atoms with Crippen LogP contribution in [0.1, 0.15) is 46.0 Å². The van der Waals surface area contributed by atoms with Crippen molar-refractivity contribution in [1.29, 1.82) is 0 Å². The van der Waals surface area contributed by atoms with Crippen LogP contribution in [0.15, 0.2) is 73.1 Å². The number of nitrogens with zero attached hydrogens (tertiary/aromatic N) is 2. The molecule has 1 aromatic heterocycles. The van der Waals surface area contributed by atoms with E-state index in [4.69, 9.17) is 42.1 Å². The molecule has 4 heterocycles. The van der Waals surface area contributed by atoms with Crippen LogP contribution >= 0.6 is 23.2 Å². The lowest BCUT2D eigenvalue weighted by atomic mass is 9.86. The minimum atomic E-state index is -1.18. The maximum Gasteiger partial charge on any atom is 0.415 e. The molecule has 0 unspecified atom stereocenters. The van der Waals surface area contributed by atoms with Gasteiger partial charge >= 0.3 is 12.1 Å². The van der Waals surface area contributed by atoms with Gasteiger partial charge in [-0.2, -0.15) is 0 Å². The maximum atomic E-state index is 15.1. The Bertz CT molecular complexity index is 1850. The summed E-state index contributed by atoms with van der Waals surface area (Å²) in [6.45, 7) is 2.28. The molecule has 1 N–H and O–H groups in total. The van der Waals surface area contributed by atoms with E-state index in [9.17, 15) is 14.0 Å². The number of piperidine rings is 3. The molecule has 1 amide bonds. The third-order valence-electron chi connectivity index (χ3n) is 9.21. The topological polar surface area (TPSA) is 91.7 Å². The van der Waals surface area contributed by atoms with E-state index >= 15 is 4.39 Å². The van der Waals surface area contributed by atoms with Crippen LogP contribution in [0.25, 0.3) is 0 Å². The number of halogens is 4. The zero-order chi connectivity index (χ0) is 35.4. The van der Waals surface area contributed by atoms with Crippen LogP contribution in [0.5, 0.6) is 11.5 Å². The third-order valence-corrected chi connectivity index (χ3v) is 9.88. The van der Waals surface area contributed by atoms with Gasteiger partial charge in [-0.25, -0.2) is 23.4 Å². The predicted octanol–water partition coefficient (Wildman–Crippen LogP) is 7.48. The summed E-state index contributed by atoms with van der Waals surface area (Å²) in [6.07, 6.45) is 3.07. The number of anilines is 1. The molecule has 3 aromatic carbocycles. The summed E-state index contributed by atoms with van der Waals surface area (Å²) in [5.74, 6) is -1.83. The van der Waals surface area contributed by atoms with Gasteiger partial charge in [0.1, 0.15) is 22.3 Å². The van der Waals surface area contributed by atoms with Crippen LogP contribution in [-0.4, -0.2) is 56.9 Å². The van der Waals surface area contributed by atoms with Crippen molar-refractivity contribution in [1.82, 2.24) is 4.90 Å². The van der Waals surface area contributed by atoms with Gasteiger partial charge in [-0.1, -0.05) is 47.5 Å². The van der Waals surface area contributed by atoms with Gasteiger partial charge in [0.05, 0.1) is 32.0 Å². The zero-order valence-electron chi connectivity index (χ0n) is 27.5. The third kappa shape index (κ3) is 7.80. The number of H-pyrrole nitrogens is 1. The van der Waals surface area contributed by atoms with Crippen LogP contribution in [0, 0.1) is 17.6 Å². The summed E-state index contributed by atoms with van der Waals surface area (Å²) in [5, 5.41) is 0.714. The fourth-order valence-electron chi connectivity index (χ4n) is 6.50. The van der Waals surface area contributed by atoms with Gasteiger partial charge < -0.3 is 18.9 Å². The van der Waals surface area contributed by atoms with E-state index in [0.717, 1.165) is 36.9 Å². The number of pyridine rings is 1. The molecule has 3 fully saturated rings. The highest BCUT2D eigenvalue weighted by molar-refractivity contribution is 6.35. The number of carbonyl (C=O) groups is 2. The number of aromatic amines is 1. The number of carbonyl (C=O) groups excluding carboxylic acids is 2. The second-order valence-corrected chi connectivity index (χ2v) is 13.1. The molecule has 7 rings (SSSR count). The van der Waals surface area contributed by atoms with Crippen molar-refractivity contribution in [3.05, 3.63) is 117 Å². The summed E-state index contributed by atoms with van der Waals surface area (Å²) in [4.78, 5) is 33.6. The number of rotatable bonds is 11. The van der Waals surface area contributed by atoms with Crippen molar-refractivity contribution in [3.63, 3.8) is 0 Å². The molecule has 0 spiro atoms. The quantitative estimate of drug-likeness (QED) is 0.148. The first kappa shape index (κ1) is 35.4. The van der Waals surface area contributed by atoms with Gasteiger partial charge in [0, 0.05) is 18.5 Å². The van der Waals surface area contributed by atoms with E-state index in [0.29, 0.717) is 44.8 Å². The second kappa shape index (κ2) is 15.6. The van der Waals surface area contributed by atoms with Crippen LogP contribution < -0.4 is 19.4 Å². The fourth-order valence-corrected chi connectivity index (χ4v) is 7.03. The normalized spacial score (nSPS) is 18.6. The smallest absolute Gasteiger partial charge is 0.415 e. The number of fused-ring (bicyclic) bond motifs is 3. The van der Waals surface area contributed by atoms with E-state index in [1.165, 1.54) is 32.4 Å². The standard InChI is InChI=1S/C37H35Cl2F2N3O6/c1-47-31-10-9-24(16-33(31)48-2)32(17-26-27(38)18-42-19-28(26)39)49-36(45)25-6-3-5-22(15-25)20-44(30-8-4-7-29(40)35(30)41)37(46)50-34-21-43-13-11-23(34)12-14-43/h3-10,15-16,18-19,23,32,34H,11-14,17,20-21H2,1-2H3/p+1/t32-,34-/m0/s1. The maximum absolute atomic E-state index is 15.1. The second-order valence-electron chi connectivity index (χ2n) is 12.3. The molecule has 2 bridgehead atoms. The zero-order valence-corrected chi connectivity index (χ0v) is 29.0. The highest BCUT2D eigenvalue weighted by Gasteiger charge is 2.38. The van der Waals surface area contributed by atoms with Crippen molar-refractivity contribution < 1.29 is 42.3 Å². The predicted molar refractivity (Wildman–Crippen MR) is 183 cm³/mol. The number of esters is 1. The van der Waals surface area contributed by atoms with Gasteiger partial charge in [-0.15, -0.1) is 0 Å². The van der Waals surface area contributed by atoms with E-state index in [1.807, 2.05) is 0 Å². The molecule has 50 heavy (non-hydrogen) atoms. The van der Waals surface area contributed by atoms with E-state index in [-0.39, 0.29) is 36.2 Å². The fraction of sp³-hybridized carbons (Fsp3) is 0.324. The highest BCUT2D eigenvalue weighted by atomic mass is 35.5. The largest absolute Gasteiger partial charge is 0.493 e. The van der Waals surface area contributed by atoms with Crippen LogP contribution in [0.2, 0.25) is 10.0 Å². The molecule has 9 nitrogen and oxygen atoms in total. The minimum absolute atomic E-state index is 0.130. The van der Waals surface area contributed by atoms with Crippen LogP contribution in [-0.2, 0) is 22.4 Å². The molecule has 3 aliphatic rings. The van der Waals surface area contributed by atoms with Crippen molar-refractivity contribution in [2.75, 3.05) is 38.8 Å². The summed E-state index contributed by atoms with van der Waals surface area (Å²) >= 11 is 12.9. The lowest BCUT2D eigenvalue weighted by Crippen LogP contribution is -2.53. The Balaban J connectivity index is 1.27. The monoisotopic (exact) mass is 726 g/mol. The van der Waals surface area contributed by atoms with Crippen LogP contribution in [0.3, 0.4) is 0 Å². The van der Waals surface area contributed by atoms with Gasteiger partial charge in [-0.05, 0) is 79.4 Å². The highest BCUT2D eigenvalue weighted by Crippen LogP contribution is 2.36. The Labute approximate surface area is 298 Å². The molecule has 0 radical (unpaired) electrons. The molecular formula is C37H36Cl2F2N3O6+. The summed E-state index contributed by atoms with van der Waals surface area (Å²) in [6, 6.07) is 15.2. The number of hydrogen-bond donors (Lipinski definition) is 0. The molecule has 3 aliphatic heterocycles. The molecule has 2 atom stereocenters. The average molecular weight is 728 g/mol. The number of hydrogen-bond acceptors (Lipinski definition) is 7. The number of benzene rings is 3. The van der Waals surface area contributed by atoms with Gasteiger partial charge in [0.15, 0.2) is 35.5 Å². The Morgan fingerprint density at radius 2 is 1.68 bits per heavy atom. The van der Waals surface area contributed by atoms with Crippen molar-refractivity contribution >= 4 is 41.0 Å². The number of nitrogens with one attached hydrogen (secondary N) is 1. The lowest BCUT2D eigenvalue weighted by molar-refractivity contribution is -0.377. The summed E-state index contributed by atoms with van der Waals surface area (Å²) in [5.41, 5.74) is 1.50. The van der Waals surface area contributed by atoms with E-state index in [1.54, 1.807) is 48.8 Å². The Kier molecular flexibility index (Phi) is 11.1. The van der Waals surface area contributed by atoms with Crippen molar-refractivity contribution in [3.8, 4) is 11.5 Å². The molecule has 0 aliphatic carbocycles. The Morgan fingerprint density at radius 1 is 0.960 bits per heavy atom. The lowest BCUT2D eigenvalue weighted by Gasteiger charge is -2.44.